The Kier molecular flexibility index (Phi) is 6.89. The maximum absolute atomic E-state index is 13.8. The van der Waals surface area contributed by atoms with Gasteiger partial charge in [0, 0.05) is 44.8 Å². The Labute approximate surface area is 146 Å². The van der Waals surface area contributed by atoms with Crippen LogP contribution < -0.4 is 10.2 Å². The minimum atomic E-state index is -0.390. The van der Waals surface area contributed by atoms with Gasteiger partial charge in [-0.05, 0) is 18.6 Å². The fourth-order valence-corrected chi connectivity index (χ4v) is 2.62. The van der Waals surface area contributed by atoms with Crippen LogP contribution in [0.15, 0.2) is 36.0 Å². The Morgan fingerprint density at radius 2 is 2.04 bits per heavy atom. The molecule has 0 aliphatic carbocycles. The van der Waals surface area contributed by atoms with Gasteiger partial charge in [-0.3, -0.25) is 4.79 Å². The van der Waals surface area contributed by atoms with Gasteiger partial charge in [-0.15, -0.1) is 11.6 Å². The van der Waals surface area contributed by atoms with Crippen molar-refractivity contribution >= 4 is 23.2 Å². The van der Waals surface area contributed by atoms with Gasteiger partial charge in [0.05, 0.1) is 5.69 Å². The summed E-state index contributed by atoms with van der Waals surface area (Å²) in [5.41, 5.74) is 0.657. The van der Waals surface area contributed by atoms with Gasteiger partial charge in [0.15, 0.2) is 0 Å². The first kappa shape index (κ1) is 18.1. The number of benzene rings is 1. The number of rotatable bonds is 6. The summed E-state index contributed by atoms with van der Waals surface area (Å²) in [4.78, 5) is 15.8. The molecule has 1 heterocycles. The number of carbonyl (C=O) groups is 1. The average molecular weight is 351 g/mol. The maximum Gasteiger partial charge on any atom is 0.263 e. The van der Waals surface area contributed by atoms with Crippen molar-refractivity contribution in [3.8, 4) is 6.07 Å². The fraction of sp³-hybridized carbons (Fsp3) is 0.412. The molecule has 0 unspecified atom stereocenters. The van der Waals surface area contributed by atoms with E-state index in [0.717, 1.165) is 0 Å². The smallest absolute Gasteiger partial charge is 0.263 e. The molecule has 1 aromatic carbocycles. The number of hydrogen-bond acceptors (Lipinski definition) is 4. The Hall–Kier alpha value is -2.26. The molecule has 1 amide bonds. The van der Waals surface area contributed by atoms with E-state index in [1.807, 2.05) is 21.9 Å². The van der Waals surface area contributed by atoms with E-state index in [-0.39, 0.29) is 17.3 Å². The second kappa shape index (κ2) is 9.14. The van der Waals surface area contributed by atoms with Gasteiger partial charge in [-0.25, -0.2) is 4.39 Å². The second-order valence-corrected chi connectivity index (χ2v) is 5.81. The molecular weight excluding hydrogens is 331 g/mol. The van der Waals surface area contributed by atoms with Crippen molar-refractivity contribution in [1.29, 1.82) is 5.26 Å². The molecule has 0 aromatic heterocycles. The number of nitrogens with zero attached hydrogens (tertiary/aromatic N) is 3. The number of amides is 1. The molecule has 1 aliphatic heterocycles. The molecule has 1 aliphatic rings. The van der Waals surface area contributed by atoms with Crippen molar-refractivity contribution in [2.75, 3.05) is 43.5 Å². The lowest BCUT2D eigenvalue weighted by atomic mass is 10.2. The number of nitriles is 1. The molecule has 1 fully saturated rings. The summed E-state index contributed by atoms with van der Waals surface area (Å²) in [6.45, 7) is 2.94. The van der Waals surface area contributed by atoms with Crippen LogP contribution in [0.3, 0.4) is 0 Å². The lowest BCUT2D eigenvalue weighted by Crippen LogP contribution is -2.44. The first-order valence-electron chi connectivity index (χ1n) is 7.85. The van der Waals surface area contributed by atoms with Crippen molar-refractivity contribution in [3.05, 3.63) is 41.9 Å². The lowest BCUT2D eigenvalue weighted by molar-refractivity contribution is -0.117. The molecule has 24 heavy (non-hydrogen) atoms. The molecule has 1 saturated heterocycles. The van der Waals surface area contributed by atoms with Crippen LogP contribution in [0.4, 0.5) is 10.1 Å². The van der Waals surface area contributed by atoms with Crippen molar-refractivity contribution in [3.63, 3.8) is 0 Å². The third kappa shape index (κ3) is 4.87. The largest absolute Gasteiger partial charge is 0.373 e. The molecule has 0 bridgehead atoms. The van der Waals surface area contributed by atoms with Crippen LogP contribution in [0, 0.1) is 17.1 Å². The summed E-state index contributed by atoms with van der Waals surface area (Å²) in [5, 5.41) is 11.8. The molecule has 2 rings (SSSR count). The highest BCUT2D eigenvalue weighted by molar-refractivity contribution is 6.17. The number of halogens is 2. The highest BCUT2D eigenvalue weighted by Crippen LogP contribution is 2.20. The highest BCUT2D eigenvalue weighted by Gasteiger charge is 2.19. The highest BCUT2D eigenvalue weighted by atomic mass is 35.5. The topological polar surface area (TPSA) is 59.4 Å². The van der Waals surface area contributed by atoms with Crippen LogP contribution in [0.1, 0.15) is 6.42 Å². The molecule has 1 N–H and O–H groups in total. The van der Waals surface area contributed by atoms with Crippen molar-refractivity contribution in [2.24, 2.45) is 0 Å². The number of carbonyl (C=O) groups excluding carboxylic acids is 1. The predicted octanol–water partition coefficient (Wildman–Crippen LogP) is 2.10. The van der Waals surface area contributed by atoms with E-state index >= 15 is 0 Å². The van der Waals surface area contributed by atoms with Crippen LogP contribution in [-0.4, -0.2) is 49.4 Å². The molecule has 7 heteroatoms. The number of nitrogens with one attached hydrogen (secondary N) is 1. The van der Waals surface area contributed by atoms with E-state index < -0.39 is 0 Å². The SMILES string of the molecule is N#C/C(=C/N1CCN(c2ccccc2F)CC1)C(=O)NCCCCl. The van der Waals surface area contributed by atoms with Gasteiger partial charge in [-0.2, -0.15) is 5.26 Å². The summed E-state index contributed by atoms with van der Waals surface area (Å²) >= 11 is 5.56. The second-order valence-electron chi connectivity index (χ2n) is 5.43. The molecule has 0 radical (unpaired) electrons. The summed E-state index contributed by atoms with van der Waals surface area (Å²) in [5.74, 6) is -0.166. The van der Waals surface area contributed by atoms with Gasteiger partial charge >= 0.3 is 0 Å². The minimum Gasteiger partial charge on any atom is -0.373 e. The number of hydrogen-bond donors (Lipinski definition) is 1. The van der Waals surface area contributed by atoms with Crippen molar-refractivity contribution in [1.82, 2.24) is 10.2 Å². The average Bonchev–Trinajstić information content (AvgIpc) is 2.61. The molecule has 0 saturated carbocycles. The van der Waals surface area contributed by atoms with E-state index in [4.69, 9.17) is 16.9 Å². The molecule has 5 nitrogen and oxygen atoms in total. The monoisotopic (exact) mass is 350 g/mol. The number of piperazine rings is 1. The summed E-state index contributed by atoms with van der Waals surface area (Å²) < 4.78 is 13.8. The summed E-state index contributed by atoms with van der Waals surface area (Å²) in [6, 6.07) is 8.61. The van der Waals surface area contributed by atoms with Crippen molar-refractivity contribution < 1.29 is 9.18 Å². The van der Waals surface area contributed by atoms with E-state index in [9.17, 15) is 9.18 Å². The minimum absolute atomic E-state index is 0.0731. The predicted molar refractivity (Wildman–Crippen MR) is 92.2 cm³/mol. The summed E-state index contributed by atoms with van der Waals surface area (Å²) in [6.07, 6.45) is 2.24. The first-order chi connectivity index (χ1) is 11.7. The van der Waals surface area contributed by atoms with Gasteiger partial charge in [0.1, 0.15) is 17.5 Å². The molecule has 128 valence electrons. The Morgan fingerprint density at radius 1 is 1.33 bits per heavy atom. The zero-order chi connectivity index (χ0) is 17.4. The zero-order valence-electron chi connectivity index (χ0n) is 13.3. The summed E-state index contributed by atoms with van der Waals surface area (Å²) in [7, 11) is 0. The molecule has 0 atom stereocenters. The Bertz CT molecular complexity index is 636. The Morgan fingerprint density at radius 3 is 2.67 bits per heavy atom. The standard InChI is InChI=1S/C17H20ClFN4O/c18-6-3-7-21-17(24)14(12-20)13-22-8-10-23(11-9-22)16-5-2-1-4-15(16)19/h1-2,4-5,13H,3,6-11H2,(H,21,24)/b14-13-. The van der Waals surface area contributed by atoms with E-state index in [2.05, 4.69) is 5.32 Å². The Balaban J connectivity index is 1.92. The van der Waals surface area contributed by atoms with Gasteiger partial charge < -0.3 is 15.1 Å². The van der Waals surface area contributed by atoms with Crippen molar-refractivity contribution in [2.45, 2.75) is 6.42 Å². The quantitative estimate of drug-likeness (QED) is 0.369. The van der Waals surface area contributed by atoms with Crippen LogP contribution in [0.2, 0.25) is 0 Å². The van der Waals surface area contributed by atoms with Gasteiger partial charge in [-0.1, -0.05) is 12.1 Å². The van der Waals surface area contributed by atoms with E-state index in [1.54, 1.807) is 18.3 Å². The third-order valence-corrected chi connectivity index (χ3v) is 4.05. The van der Waals surface area contributed by atoms with Gasteiger partial charge in [0.25, 0.3) is 5.91 Å². The van der Waals surface area contributed by atoms with E-state index in [1.165, 1.54) is 6.07 Å². The lowest BCUT2D eigenvalue weighted by Gasteiger charge is -2.35. The van der Waals surface area contributed by atoms with E-state index in [0.29, 0.717) is 50.7 Å². The van der Waals surface area contributed by atoms with Crippen LogP contribution in [0.25, 0.3) is 0 Å². The molecule has 0 spiro atoms. The number of anilines is 1. The zero-order valence-corrected chi connectivity index (χ0v) is 14.1. The van der Waals surface area contributed by atoms with Crippen LogP contribution >= 0.6 is 11.6 Å². The number of para-hydroxylation sites is 1. The first-order valence-corrected chi connectivity index (χ1v) is 8.38. The number of alkyl halides is 1. The fourth-order valence-electron chi connectivity index (χ4n) is 2.48. The van der Waals surface area contributed by atoms with Gasteiger partial charge in [0.2, 0.25) is 0 Å². The van der Waals surface area contributed by atoms with Crippen LogP contribution in [-0.2, 0) is 4.79 Å². The van der Waals surface area contributed by atoms with Crippen LogP contribution in [0.5, 0.6) is 0 Å². The molecule has 1 aromatic rings. The third-order valence-electron chi connectivity index (χ3n) is 3.78. The maximum atomic E-state index is 13.8. The normalized spacial score (nSPS) is 15.1. The molecular formula is C17H20ClFN4O.